The first-order chi connectivity index (χ1) is 14.6. The van der Waals surface area contributed by atoms with Gasteiger partial charge in [0.1, 0.15) is 5.01 Å². The minimum absolute atomic E-state index is 0.799. The third-order valence-electron chi connectivity index (χ3n) is 5.06. The quantitative estimate of drug-likeness (QED) is 0.269. The monoisotopic (exact) mass is 454 g/mol. The molecule has 0 aliphatic heterocycles. The predicted molar refractivity (Wildman–Crippen MR) is 130 cm³/mol. The van der Waals surface area contributed by atoms with E-state index in [1.807, 2.05) is 0 Å². The number of thiophene rings is 1. The van der Waals surface area contributed by atoms with Crippen molar-refractivity contribution < 1.29 is 0 Å². The van der Waals surface area contributed by atoms with Gasteiger partial charge in [0.05, 0.1) is 5.69 Å². The maximum Gasteiger partial charge on any atom is 0.191 e. The number of aryl methyl sites for hydroxylation is 2. The first kappa shape index (κ1) is 21.3. The Morgan fingerprint density at radius 1 is 1.00 bits per heavy atom. The van der Waals surface area contributed by atoms with E-state index in [1.54, 1.807) is 34.4 Å². The van der Waals surface area contributed by atoms with Crippen LogP contribution in [0.1, 0.15) is 42.0 Å². The minimum Gasteiger partial charge on any atom is -0.302 e. The molecule has 0 bridgehead atoms. The van der Waals surface area contributed by atoms with Crippen molar-refractivity contribution in [1.29, 1.82) is 0 Å². The van der Waals surface area contributed by atoms with Gasteiger partial charge in [-0.05, 0) is 32.3 Å². The average molecular weight is 455 g/mol. The third kappa shape index (κ3) is 4.38. The van der Waals surface area contributed by atoms with Crippen LogP contribution in [0.25, 0.3) is 22.0 Å². The van der Waals surface area contributed by atoms with Crippen molar-refractivity contribution in [2.24, 2.45) is 0 Å². The van der Waals surface area contributed by atoms with Crippen molar-refractivity contribution in [3.63, 3.8) is 0 Å². The van der Waals surface area contributed by atoms with Gasteiger partial charge in [-0.15, -0.1) is 32.9 Å². The predicted octanol–water partition coefficient (Wildman–Crippen LogP) is 7.01. The zero-order valence-corrected chi connectivity index (χ0v) is 20.3. The Hall–Kier alpha value is -1.96. The van der Waals surface area contributed by atoms with Crippen LogP contribution >= 0.6 is 34.4 Å². The molecule has 4 aromatic rings. The van der Waals surface area contributed by atoms with E-state index in [0.29, 0.717) is 0 Å². The lowest BCUT2D eigenvalue weighted by Crippen LogP contribution is -2.02. The summed E-state index contributed by atoms with van der Waals surface area (Å²) in [6.07, 6.45) is 2.07. The highest BCUT2D eigenvalue weighted by Crippen LogP contribution is 2.34. The molecule has 0 fully saturated rings. The summed E-state index contributed by atoms with van der Waals surface area (Å²) in [4.78, 5) is 6.21. The highest BCUT2D eigenvalue weighted by atomic mass is 32.2. The van der Waals surface area contributed by atoms with E-state index >= 15 is 0 Å². The molecule has 4 rings (SSSR count). The Morgan fingerprint density at radius 2 is 1.80 bits per heavy atom. The summed E-state index contributed by atoms with van der Waals surface area (Å²) >= 11 is 5.23. The number of aromatic nitrogens is 4. The number of nitrogens with zero attached hydrogens (tertiary/aromatic N) is 4. The molecule has 0 spiro atoms. The van der Waals surface area contributed by atoms with E-state index in [1.165, 1.54) is 27.1 Å². The number of benzene rings is 1. The van der Waals surface area contributed by atoms with Crippen LogP contribution in [-0.4, -0.2) is 19.7 Å². The molecule has 30 heavy (non-hydrogen) atoms. The maximum absolute atomic E-state index is 4.84. The molecule has 0 aliphatic rings. The maximum atomic E-state index is 4.84. The molecular formula is C23H26N4S3. The highest BCUT2D eigenvalue weighted by molar-refractivity contribution is 7.98. The summed E-state index contributed by atoms with van der Waals surface area (Å²) in [5, 5.41) is 15.6. The van der Waals surface area contributed by atoms with E-state index in [0.717, 1.165) is 46.8 Å². The van der Waals surface area contributed by atoms with Crippen LogP contribution < -0.4 is 0 Å². The standard InChI is InChI=1S/C23H26N4S3/c1-5-11-27-21(20-14-28-16(4)19(20)6-2)25-26-23(27)30-13-18-12-29-22(24-18)17-9-7-15(3)8-10-17/h7-10,12,14H,5-6,11,13H2,1-4H3. The highest BCUT2D eigenvalue weighted by Gasteiger charge is 2.19. The topological polar surface area (TPSA) is 43.6 Å². The molecule has 4 nitrogen and oxygen atoms in total. The van der Waals surface area contributed by atoms with E-state index in [-0.39, 0.29) is 0 Å². The summed E-state index contributed by atoms with van der Waals surface area (Å²) in [5.41, 5.74) is 6.17. The second kappa shape index (κ2) is 9.45. The van der Waals surface area contributed by atoms with Crippen LogP contribution in [0.3, 0.4) is 0 Å². The molecule has 0 atom stereocenters. The van der Waals surface area contributed by atoms with Gasteiger partial charge < -0.3 is 4.57 Å². The molecule has 0 unspecified atom stereocenters. The average Bonchev–Trinajstić information content (AvgIpc) is 3.46. The number of hydrogen-bond acceptors (Lipinski definition) is 6. The van der Waals surface area contributed by atoms with Crippen LogP contribution in [0.4, 0.5) is 0 Å². The molecule has 3 aromatic heterocycles. The summed E-state index contributed by atoms with van der Waals surface area (Å²) in [7, 11) is 0. The third-order valence-corrected chi connectivity index (χ3v) is 7.96. The minimum atomic E-state index is 0.799. The normalized spacial score (nSPS) is 11.3. The molecule has 0 aliphatic carbocycles. The fourth-order valence-corrected chi connectivity index (χ4v) is 6.19. The Balaban J connectivity index is 1.54. The van der Waals surface area contributed by atoms with Crippen molar-refractivity contribution in [3.8, 4) is 22.0 Å². The van der Waals surface area contributed by atoms with Gasteiger partial charge in [0.25, 0.3) is 0 Å². The molecule has 0 amide bonds. The molecule has 156 valence electrons. The molecule has 1 aromatic carbocycles. The van der Waals surface area contributed by atoms with Crippen LogP contribution in [0.15, 0.2) is 40.2 Å². The van der Waals surface area contributed by atoms with Gasteiger partial charge in [0.2, 0.25) is 0 Å². The zero-order valence-electron chi connectivity index (χ0n) is 17.8. The Kier molecular flexibility index (Phi) is 6.71. The smallest absolute Gasteiger partial charge is 0.191 e. The molecular weight excluding hydrogens is 428 g/mol. The summed E-state index contributed by atoms with van der Waals surface area (Å²) in [5.74, 6) is 1.80. The number of thioether (sulfide) groups is 1. The number of rotatable bonds is 8. The van der Waals surface area contributed by atoms with E-state index in [4.69, 9.17) is 4.98 Å². The molecule has 7 heteroatoms. The molecule has 0 saturated carbocycles. The van der Waals surface area contributed by atoms with Crippen LogP contribution in [0.2, 0.25) is 0 Å². The van der Waals surface area contributed by atoms with E-state index < -0.39 is 0 Å². The van der Waals surface area contributed by atoms with Gasteiger partial charge in [-0.25, -0.2) is 4.98 Å². The second-order valence-corrected chi connectivity index (χ2v) is 10.2. The molecule has 3 heterocycles. The van der Waals surface area contributed by atoms with Gasteiger partial charge in [-0.1, -0.05) is 55.4 Å². The first-order valence-electron chi connectivity index (χ1n) is 10.3. The Labute approximate surface area is 190 Å². The van der Waals surface area contributed by atoms with Crippen LogP contribution in [0, 0.1) is 13.8 Å². The van der Waals surface area contributed by atoms with Gasteiger partial charge in [0, 0.05) is 39.1 Å². The van der Waals surface area contributed by atoms with Crippen molar-refractivity contribution in [1.82, 2.24) is 19.7 Å². The van der Waals surface area contributed by atoms with E-state index in [2.05, 4.69) is 77.5 Å². The largest absolute Gasteiger partial charge is 0.302 e. The number of thiazole rings is 1. The Morgan fingerprint density at radius 3 is 2.53 bits per heavy atom. The Bertz CT molecular complexity index is 1120. The van der Waals surface area contributed by atoms with Gasteiger partial charge in [-0.3, -0.25) is 0 Å². The first-order valence-corrected chi connectivity index (χ1v) is 13.0. The fourth-order valence-electron chi connectivity index (χ4n) is 3.47. The zero-order chi connectivity index (χ0) is 21.1. The molecule has 0 saturated heterocycles. The van der Waals surface area contributed by atoms with Crippen molar-refractivity contribution in [2.45, 2.75) is 58.0 Å². The van der Waals surface area contributed by atoms with Gasteiger partial charge in [0.15, 0.2) is 11.0 Å². The van der Waals surface area contributed by atoms with Gasteiger partial charge in [-0.2, -0.15) is 0 Å². The van der Waals surface area contributed by atoms with Crippen LogP contribution in [-0.2, 0) is 18.7 Å². The lowest BCUT2D eigenvalue weighted by Gasteiger charge is -2.09. The van der Waals surface area contributed by atoms with Crippen molar-refractivity contribution in [2.75, 3.05) is 0 Å². The second-order valence-electron chi connectivity index (χ2n) is 7.29. The van der Waals surface area contributed by atoms with Crippen molar-refractivity contribution in [3.05, 3.63) is 56.7 Å². The van der Waals surface area contributed by atoms with Crippen molar-refractivity contribution >= 4 is 34.4 Å². The summed E-state index contributed by atoms with van der Waals surface area (Å²) < 4.78 is 2.28. The lowest BCUT2D eigenvalue weighted by molar-refractivity contribution is 0.626. The lowest BCUT2D eigenvalue weighted by atomic mass is 10.1. The molecule has 0 radical (unpaired) electrons. The summed E-state index contributed by atoms with van der Waals surface area (Å²) in [6, 6.07) is 8.56. The van der Waals surface area contributed by atoms with Gasteiger partial charge >= 0.3 is 0 Å². The SMILES string of the molecule is CCCn1c(SCc2csc(-c3ccc(C)cc3)n2)nnc1-c1csc(C)c1CC. The van der Waals surface area contributed by atoms with E-state index in [9.17, 15) is 0 Å². The fraction of sp³-hybridized carbons (Fsp3) is 0.348. The summed E-state index contributed by atoms with van der Waals surface area (Å²) in [6.45, 7) is 9.63. The number of hydrogen-bond donors (Lipinski definition) is 0. The molecule has 0 N–H and O–H groups in total. The van der Waals surface area contributed by atoms with Crippen LogP contribution in [0.5, 0.6) is 0 Å².